The number of hydrogen-bond acceptors (Lipinski definition) is 3. The van der Waals surface area contributed by atoms with Gasteiger partial charge in [-0.05, 0) is 12.5 Å². The molecule has 16 heavy (non-hydrogen) atoms. The van der Waals surface area contributed by atoms with Gasteiger partial charge in [0.2, 0.25) is 10.0 Å². The van der Waals surface area contributed by atoms with Crippen LogP contribution in [0.1, 0.15) is 11.1 Å². The fraction of sp³-hybridized carbons (Fsp3) is 0.455. The molecule has 0 saturated carbocycles. The zero-order valence-electron chi connectivity index (χ0n) is 9.55. The van der Waals surface area contributed by atoms with Crippen LogP contribution >= 0.6 is 0 Å². The summed E-state index contributed by atoms with van der Waals surface area (Å²) in [5, 5.41) is 8.66. The van der Waals surface area contributed by atoms with Gasteiger partial charge in [-0.25, -0.2) is 12.7 Å². The number of rotatable bonds is 5. The van der Waals surface area contributed by atoms with Gasteiger partial charge in [0.05, 0.1) is 12.4 Å². The molecule has 0 atom stereocenters. The van der Waals surface area contributed by atoms with Crippen LogP contribution in [0.5, 0.6) is 0 Å². The third kappa shape index (κ3) is 3.59. The monoisotopic (exact) mass is 243 g/mol. The van der Waals surface area contributed by atoms with E-state index >= 15 is 0 Å². The van der Waals surface area contributed by atoms with E-state index in [1.54, 1.807) is 0 Å². The van der Waals surface area contributed by atoms with Crippen molar-refractivity contribution in [1.82, 2.24) is 4.31 Å². The standard InChI is InChI=1S/C11H17NO3S/c1-10-4-3-5-11(8-10)9-12(2)16(14,15)7-6-13/h3-5,8,13H,6-7,9H2,1-2H3. The van der Waals surface area contributed by atoms with Crippen molar-refractivity contribution in [2.24, 2.45) is 0 Å². The van der Waals surface area contributed by atoms with E-state index in [-0.39, 0.29) is 12.4 Å². The van der Waals surface area contributed by atoms with Crippen LogP contribution in [0, 0.1) is 6.92 Å². The zero-order valence-corrected chi connectivity index (χ0v) is 10.4. The Kier molecular flexibility index (Phi) is 4.46. The van der Waals surface area contributed by atoms with E-state index in [0.717, 1.165) is 11.1 Å². The van der Waals surface area contributed by atoms with E-state index in [0.29, 0.717) is 6.54 Å². The fourth-order valence-electron chi connectivity index (χ4n) is 1.44. The lowest BCUT2D eigenvalue weighted by molar-refractivity contribution is 0.316. The van der Waals surface area contributed by atoms with Crippen molar-refractivity contribution in [2.45, 2.75) is 13.5 Å². The molecule has 0 unspecified atom stereocenters. The molecule has 0 aliphatic carbocycles. The maximum Gasteiger partial charge on any atom is 0.216 e. The molecule has 1 N–H and O–H groups in total. The Balaban J connectivity index is 2.75. The Morgan fingerprint density at radius 1 is 1.38 bits per heavy atom. The predicted octanol–water partition coefficient (Wildman–Crippen LogP) is 0.749. The molecule has 4 nitrogen and oxygen atoms in total. The topological polar surface area (TPSA) is 57.6 Å². The summed E-state index contributed by atoms with van der Waals surface area (Å²) in [6, 6.07) is 7.70. The smallest absolute Gasteiger partial charge is 0.216 e. The molecule has 0 aromatic heterocycles. The maximum atomic E-state index is 11.6. The Bertz CT molecular complexity index is 442. The van der Waals surface area contributed by atoms with Crippen LogP contribution in [0.4, 0.5) is 0 Å². The summed E-state index contributed by atoms with van der Waals surface area (Å²) in [6.45, 7) is 1.95. The minimum atomic E-state index is -3.34. The van der Waals surface area contributed by atoms with E-state index in [1.165, 1.54) is 11.4 Å². The molecular formula is C11H17NO3S. The summed E-state index contributed by atoms with van der Waals surface area (Å²) in [5.41, 5.74) is 2.05. The van der Waals surface area contributed by atoms with E-state index in [9.17, 15) is 8.42 Å². The quantitative estimate of drug-likeness (QED) is 0.830. The molecule has 90 valence electrons. The molecule has 0 aliphatic heterocycles. The van der Waals surface area contributed by atoms with Crippen molar-refractivity contribution in [3.05, 3.63) is 35.4 Å². The fourth-order valence-corrected chi connectivity index (χ4v) is 2.33. The van der Waals surface area contributed by atoms with Crippen molar-refractivity contribution >= 4 is 10.0 Å². The molecule has 1 aromatic carbocycles. The average Bonchev–Trinajstić information content (AvgIpc) is 2.17. The highest BCUT2D eigenvalue weighted by Crippen LogP contribution is 2.09. The minimum absolute atomic E-state index is 0.227. The Hall–Kier alpha value is -0.910. The third-order valence-corrected chi connectivity index (χ3v) is 4.09. The molecule has 0 amide bonds. The maximum absolute atomic E-state index is 11.6. The average molecular weight is 243 g/mol. The molecule has 1 aromatic rings. The van der Waals surface area contributed by atoms with Gasteiger partial charge in [0.25, 0.3) is 0 Å². The van der Waals surface area contributed by atoms with Crippen LogP contribution in [0.3, 0.4) is 0 Å². The SMILES string of the molecule is Cc1cccc(CN(C)S(=O)(=O)CCO)c1. The first-order valence-corrected chi connectivity index (χ1v) is 6.67. The lowest BCUT2D eigenvalue weighted by Crippen LogP contribution is -2.30. The molecular weight excluding hydrogens is 226 g/mol. The number of nitrogens with zero attached hydrogens (tertiary/aromatic N) is 1. The first-order valence-electron chi connectivity index (χ1n) is 5.06. The number of hydrogen-bond donors (Lipinski definition) is 1. The second-order valence-corrected chi connectivity index (χ2v) is 5.98. The molecule has 0 fully saturated rings. The normalized spacial score (nSPS) is 12.0. The molecule has 0 radical (unpaired) electrons. The molecule has 5 heteroatoms. The van der Waals surface area contributed by atoms with E-state index in [1.807, 2.05) is 31.2 Å². The predicted molar refractivity (Wildman–Crippen MR) is 63.5 cm³/mol. The first kappa shape index (κ1) is 13.2. The van der Waals surface area contributed by atoms with Gasteiger partial charge in [0.1, 0.15) is 0 Å². The van der Waals surface area contributed by atoms with Crippen LogP contribution in [0.2, 0.25) is 0 Å². The number of benzene rings is 1. The third-order valence-electron chi connectivity index (χ3n) is 2.31. The van der Waals surface area contributed by atoms with Crippen molar-refractivity contribution in [3.8, 4) is 0 Å². The summed E-state index contributed by atoms with van der Waals surface area (Å²) >= 11 is 0. The van der Waals surface area contributed by atoms with E-state index < -0.39 is 10.0 Å². The molecule has 1 rings (SSSR count). The number of aliphatic hydroxyl groups is 1. The van der Waals surface area contributed by atoms with Crippen LogP contribution in [0.25, 0.3) is 0 Å². The molecule has 0 saturated heterocycles. The van der Waals surface area contributed by atoms with Crippen LogP contribution in [-0.2, 0) is 16.6 Å². The highest BCUT2D eigenvalue weighted by atomic mass is 32.2. The highest BCUT2D eigenvalue weighted by Gasteiger charge is 2.16. The van der Waals surface area contributed by atoms with Crippen molar-refractivity contribution in [3.63, 3.8) is 0 Å². The number of sulfonamides is 1. The van der Waals surface area contributed by atoms with Gasteiger partial charge in [0, 0.05) is 13.6 Å². The Labute approximate surface area is 96.6 Å². The van der Waals surface area contributed by atoms with Crippen molar-refractivity contribution in [1.29, 1.82) is 0 Å². The lowest BCUT2D eigenvalue weighted by Gasteiger charge is -2.16. The van der Waals surface area contributed by atoms with Gasteiger partial charge in [-0.2, -0.15) is 0 Å². The van der Waals surface area contributed by atoms with Crippen LogP contribution in [0.15, 0.2) is 24.3 Å². The highest BCUT2D eigenvalue weighted by molar-refractivity contribution is 7.89. The van der Waals surface area contributed by atoms with Crippen molar-refractivity contribution in [2.75, 3.05) is 19.4 Å². The van der Waals surface area contributed by atoms with Crippen LogP contribution < -0.4 is 0 Å². The van der Waals surface area contributed by atoms with E-state index in [4.69, 9.17) is 5.11 Å². The summed E-state index contributed by atoms with van der Waals surface area (Å²) < 4.78 is 24.4. The molecule has 0 aliphatic rings. The summed E-state index contributed by atoms with van der Waals surface area (Å²) in [4.78, 5) is 0. The number of aliphatic hydroxyl groups excluding tert-OH is 1. The largest absolute Gasteiger partial charge is 0.395 e. The first-order chi connectivity index (χ1) is 7.45. The van der Waals surface area contributed by atoms with E-state index in [2.05, 4.69) is 0 Å². The second kappa shape index (κ2) is 5.43. The molecule has 0 bridgehead atoms. The summed E-state index contributed by atoms with van der Waals surface area (Å²) in [5.74, 6) is -0.227. The Morgan fingerprint density at radius 3 is 2.62 bits per heavy atom. The molecule has 0 heterocycles. The Morgan fingerprint density at radius 2 is 2.06 bits per heavy atom. The van der Waals surface area contributed by atoms with Crippen LogP contribution in [-0.4, -0.2) is 37.2 Å². The molecule has 0 spiro atoms. The zero-order chi connectivity index (χ0) is 12.2. The van der Waals surface area contributed by atoms with Gasteiger partial charge >= 0.3 is 0 Å². The summed E-state index contributed by atoms with van der Waals surface area (Å²) in [6.07, 6.45) is 0. The minimum Gasteiger partial charge on any atom is -0.395 e. The second-order valence-electron chi connectivity index (χ2n) is 3.78. The van der Waals surface area contributed by atoms with Crippen molar-refractivity contribution < 1.29 is 13.5 Å². The van der Waals surface area contributed by atoms with Gasteiger partial charge in [0.15, 0.2) is 0 Å². The summed E-state index contributed by atoms with van der Waals surface area (Å²) in [7, 11) is -1.82. The van der Waals surface area contributed by atoms with Gasteiger partial charge in [-0.3, -0.25) is 0 Å². The number of aryl methyl sites for hydroxylation is 1. The van der Waals surface area contributed by atoms with Gasteiger partial charge in [-0.15, -0.1) is 0 Å². The lowest BCUT2D eigenvalue weighted by atomic mass is 10.1. The van der Waals surface area contributed by atoms with Gasteiger partial charge in [-0.1, -0.05) is 29.8 Å². The van der Waals surface area contributed by atoms with Gasteiger partial charge < -0.3 is 5.11 Å².